The van der Waals surface area contributed by atoms with Crippen LogP contribution in [0.15, 0.2) is 185 Å². The molecule has 0 atom stereocenters. The van der Waals surface area contributed by atoms with Gasteiger partial charge in [-0.15, -0.1) is 0 Å². The summed E-state index contributed by atoms with van der Waals surface area (Å²) in [6.45, 7) is 0. The van der Waals surface area contributed by atoms with E-state index in [0.29, 0.717) is 45.7 Å². The summed E-state index contributed by atoms with van der Waals surface area (Å²) >= 11 is 0. The summed E-state index contributed by atoms with van der Waals surface area (Å²) in [6, 6.07) is 58.8. The van der Waals surface area contributed by atoms with Crippen LogP contribution in [0.5, 0.6) is 0 Å². The van der Waals surface area contributed by atoms with Gasteiger partial charge in [-0.2, -0.15) is 0 Å². The van der Waals surface area contributed by atoms with E-state index in [9.17, 15) is 0 Å². The van der Waals surface area contributed by atoms with Gasteiger partial charge in [0.2, 0.25) is 0 Å². The fourth-order valence-corrected chi connectivity index (χ4v) is 7.55. The fourth-order valence-electron chi connectivity index (χ4n) is 7.55. The summed E-state index contributed by atoms with van der Waals surface area (Å²) in [7, 11) is 0. The lowest BCUT2D eigenvalue weighted by atomic mass is 9.99. The van der Waals surface area contributed by atoms with E-state index in [-0.39, 0.29) is 0 Å². The molecule has 0 unspecified atom stereocenters. The number of furan rings is 2. The lowest BCUT2D eigenvalue weighted by molar-refractivity contribution is 0.667. The number of rotatable bonds is 6. The van der Waals surface area contributed by atoms with Crippen LogP contribution in [0.25, 0.3) is 112 Å². The summed E-state index contributed by atoms with van der Waals surface area (Å²) < 4.78 is 13.1. The zero-order valence-corrected chi connectivity index (χ0v) is 29.8. The topological polar surface area (TPSA) is 90.7 Å². The average molecular weight is 720 g/mol. The van der Waals surface area contributed by atoms with E-state index in [1.165, 1.54) is 0 Å². The van der Waals surface area contributed by atoms with Gasteiger partial charge in [0.1, 0.15) is 28.0 Å². The van der Waals surface area contributed by atoms with Crippen LogP contribution in [0.2, 0.25) is 0 Å². The standard InChI is InChI=1S/C49H29N5O2/c1-4-15-30(16-5-1)33-21-12-22-34(29-33)43-45-44(35-23-10-11-26-38(35)56-45)51-48(50-43)36-24-13-27-39-41(36)42-37(25-14-28-40(42)55-39)49-53-46(31-17-6-2-7-18-31)52-47(54-49)32-19-8-3-9-20-32/h1-29H. The third-order valence-corrected chi connectivity index (χ3v) is 10.2. The molecular formula is C49H29N5O2. The number of hydrogen-bond acceptors (Lipinski definition) is 7. The highest BCUT2D eigenvalue weighted by Gasteiger charge is 2.23. The molecule has 0 aliphatic rings. The summed E-state index contributed by atoms with van der Waals surface area (Å²) in [4.78, 5) is 25.7. The second-order valence-electron chi connectivity index (χ2n) is 13.6. The summed E-state index contributed by atoms with van der Waals surface area (Å²) in [5.74, 6) is 2.26. The SMILES string of the molecule is c1ccc(-c2cccc(-c3nc(-c4cccc5oc6cccc(-c7nc(-c8ccccc8)nc(-c8ccccc8)n7)c6c45)nc4c3oc3ccccc34)c2)cc1. The van der Waals surface area contributed by atoms with Gasteiger partial charge in [0.05, 0.1) is 0 Å². The third-order valence-electron chi connectivity index (χ3n) is 10.2. The Balaban J connectivity index is 1.17. The van der Waals surface area contributed by atoms with Crippen molar-refractivity contribution in [1.29, 1.82) is 0 Å². The van der Waals surface area contributed by atoms with Crippen LogP contribution >= 0.6 is 0 Å². The monoisotopic (exact) mass is 719 g/mol. The molecule has 0 aliphatic carbocycles. The van der Waals surface area contributed by atoms with Gasteiger partial charge >= 0.3 is 0 Å². The molecule has 11 rings (SSSR count). The normalized spacial score (nSPS) is 11.6. The molecule has 7 heteroatoms. The van der Waals surface area contributed by atoms with Crippen LogP contribution in [0.1, 0.15) is 0 Å². The van der Waals surface area contributed by atoms with Crippen molar-refractivity contribution in [3.63, 3.8) is 0 Å². The first kappa shape index (κ1) is 31.7. The lowest BCUT2D eigenvalue weighted by Gasteiger charge is -2.10. The van der Waals surface area contributed by atoms with Crippen LogP contribution in [0.3, 0.4) is 0 Å². The van der Waals surface area contributed by atoms with E-state index >= 15 is 0 Å². The van der Waals surface area contributed by atoms with E-state index < -0.39 is 0 Å². The number of para-hydroxylation sites is 1. The van der Waals surface area contributed by atoms with Crippen LogP contribution in [0.4, 0.5) is 0 Å². The van der Waals surface area contributed by atoms with Crippen molar-refractivity contribution >= 4 is 44.0 Å². The van der Waals surface area contributed by atoms with Crippen molar-refractivity contribution in [2.45, 2.75) is 0 Å². The van der Waals surface area contributed by atoms with Crippen molar-refractivity contribution in [3.8, 4) is 67.9 Å². The number of benzene rings is 7. The first-order valence-corrected chi connectivity index (χ1v) is 18.4. The molecule has 11 aromatic rings. The molecule has 262 valence electrons. The summed E-state index contributed by atoms with van der Waals surface area (Å²) in [5, 5.41) is 2.66. The van der Waals surface area contributed by atoms with Gasteiger partial charge in [-0.25, -0.2) is 24.9 Å². The molecule has 7 aromatic carbocycles. The molecule has 0 bridgehead atoms. The predicted octanol–water partition coefficient (Wildman–Crippen LogP) is 12.5. The number of aromatic nitrogens is 5. The van der Waals surface area contributed by atoms with Gasteiger partial charge in [-0.05, 0) is 41.5 Å². The zero-order valence-electron chi connectivity index (χ0n) is 29.8. The molecule has 4 heterocycles. The Morgan fingerprint density at radius 3 is 1.45 bits per heavy atom. The second kappa shape index (κ2) is 13.0. The molecule has 0 fully saturated rings. The molecule has 56 heavy (non-hydrogen) atoms. The second-order valence-corrected chi connectivity index (χ2v) is 13.6. The van der Waals surface area contributed by atoms with Crippen LogP contribution < -0.4 is 0 Å². The minimum Gasteiger partial charge on any atom is -0.456 e. The third kappa shape index (κ3) is 5.33. The Labute approximate surface area is 320 Å². The highest BCUT2D eigenvalue weighted by atomic mass is 16.3. The highest BCUT2D eigenvalue weighted by molar-refractivity contribution is 6.17. The Morgan fingerprint density at radius 1 is 0.321 bits per heavy atom. The molecule has 0 amide bonds. The molecule has 0 saturated heterocycles. The molecule has 0 spiro atoms. The van der Waals surface area contributed by atoms with E-state index in [0.717, 1.165) is 66.2 Å². The molecular weight excluding hydrogens is 691 g/mol. The smallest absolute Gasteiger partial charge is 0.180 e. The maximum Gasteiger partial charge on any atom is 0.180 e. The van der Waals surface area contributed by atoms with E-state index in [4.69, 9.17) is 33.8 Å². The largest absolute Gasteiger partial charge is 0.456 e. The van der Waals surface area contributed by atoms with Crippen molar-refractivity contribution in [2.75, 3.05) is 0 Å². The van der Waals surface area contributed by atoms with Crippen LogP contribution in [-0.4, -0.2) is 24.9 Å². The molecule has 0 N–H and O–H groups in total. The van der Waals surface area contributed by atoms with Gasteiger partial charge in [-0.3, -0.25) is 0 Å². The highest BCUT2D eigenvalue weighted by Crippen LogP contribution is 2.43. The van der Waals surface area contributed by atoms with Crippen molar-refractivity contribution in [1.82, 2.24) is 24.9 Å². The minimum atomic E-state index is 0.538. The van der Waals surface area contributed by atoms with Crippen LogP contribution in [0, 0.1) is 0 Å². The average Bonchev–Trinajstić information content (AvgIpc) is 3.86. The molecule has 4 aromatic heterocycles. The lowest BCUT2D eigenvalue weighted by Crippen LogP contribution is -2.00. The fraction of sp³-hybridized carbons (Fsp3) is 0. The maximum atomic E-state index is 6.58. The van der Waals surface area contributed by atoms with Crippen molar-refractivity contribution in [2.24, 2.45) is 0 Å². The molecule has 0 radical (unpaired) electrons. The van der Waals surface area contributed by atoms with Crippen LogP contribution in [-0.2, 0) is 0 Å². The Hall–Kier alpha value is -7.77. The quantitative estimate of drug-likeness (QED) is 0.169. The summed E-state index contributed by atoms with van der Waals surface area (Å²) in [6.07, 6.45) is 0. The van der Waals surface area contributed by atoms with Crippen molar-refractivity contribution in [3.05, 3.63) is 176 Å². The number of fused-ring (bicyclic) bond motifs is 6. The van der Waals surface area contributed by atoms with Gasteiger partial charge in [-0.1, -0.05) is 146 Å². The van der Waals surface area contributed by atoms with Gasteiger partial charge in [0, 0.05) is 44.0 Å². The molecule has 7 nitrogen and oxygen atoms in total. The Bertz CT molecular complexity index is 3190. The van der Waals surface area contributed by atoms with Gasteiger partial charge in [0.25, 0.3) is 0 Å². The summed E-state index contributed by atoms with van der Waals surface area (Å²) in [5.41, 5.74) is 10.8. The zero-order chi connectivity index (χ0) is 37.0. The first-order valence-electron chi connectivity index (χ1n) is 18.4. The molecule has 0 saturated carbocycles. The van der Waals surface area contributed by atoms with E-state index in [2.05, 4.69) is 42.5 Å². The Kier molecular flexibility index (Phi) is 7.35. The predicted molar refractivity (Wildman–Crippen MR) is 223 cm³/mol. The minimum absolute atomic E-state index is 0.538. The van der Waals surface area contributed by atoms with Crippen molar-refractivity contribution < 1.29 is 8.83 Å². The van der Waals surface area contributed by atoms with Gasteiger partial charge < -0.3 is 8.83 Å². The first-order chi connectivity index (χ1) is 27.7. The van der Waals surface area contributed by atoms with E-state index in [1.807, 2.05) is 133 Å². The Morgan fingerprint density at radius 2 is 0.804 bits per heavy atom. The van der Waals surface area contributed by atoms with Gasteiger partial charge in [0.15, 0.2) is 28.9 Å². The maximum absolute atomic E-state index is 6.58. The van der Waals surface area contributed by atoms with E-state index in [1.54, 1.807) is 0 Å². The number of hydrogen-bond donors (Lipinski definition) is 0. The number of nitrogens with zero attached hydrogens (tertiary/aromatic N) is 5. The molecule has 0 aliphatic heterocycles.